The number of hydrogen-bond acceptors (Lipinski definition) is 3. The van der Waals surface area contributed by atoms with E-state index in [0.717, 1.165) is 15.6 Å². The molecule has 1 amide bonds. The second-order valence-electron chi connectivity index (χ2n) is 6.74. The van der Waals surface area contributed by atoms with Gasteiger partial charge in [0.15, 0.2) is 0 Å². The maximum Gasteiger partial charge on any atom is 0.306 e. The van der Waals surface area contributed by atoms with E-state index in [4.69, 9.17) is 4.74 Å². The Kier molecular flexibility index (Phi) is 4.95. The van der Waals surface area contributed by atoms with Crippen molar-refractivity contribution in [1.29, 1.82) is 0 Å². The minimum atomic E-state index is -0.461. The SMILES string of the molecule is CN1CC(CCC(=O)OC(C)(C)C)c2cc(Br)ccc2C1=O. The number of amides is 1. The molecule has 1 atom stereocenters. The van der Waals surface area contributed by atoms with E-state index < -0.39 is 5.60 Å². The first-order valence-electron chi connectivity index (χ1n) is 7.44. The third-order valence-corrected chi connectivity index (χ3v) is 4.13. The standard InChI is InChI=1S/C17H22BrNO3/c1-17(2,3)22-15(20)8-5-11-10-19(4)16(21)13-7-6-12(18)9-14(11)13/h6-7,9,11H,5,8,10H2,1-4H3. The minimum Gasteiger partial charge on any atom is -0.460 e. The maximum atomic E-state index is 12.2. The summed E-state index contributed by atoms with van der Waals surface area (Å²) in [6.07, 6.45) is 1.03. The number of ether oxygens (including phenoxy) is 1. The zero-order chi connectivity index (χ0) is 16.5. The summed E-state index contributed by atoms with van der Waals surface area (Å²) in [6, 6.07) is 5.71. The largest absolute Gasteiger partial charge is 0.460 e. The van der Waals surface area contributed by atoms with Crippen LogP contribution in [0.15, 0.2) is 22.7 Å². The number of hydrogen-bond donors (Lipinski definition) is 0. The molecular formula is C17H22BrNO3. The van der Waals surface area contributed by atoms with Gasteiger partial charge in [-0.1, -0.05) is 15.9 Å². The molecule has 0 fully saturated rings. The Balaban J connectivity index is 2.12. The molecule has 1 aliphatic heterocycles. The van der Waals surface area contributed by atoms with Crippen molar-refractivity contribution in [3.63, 3.8) is 0 Å². The van der Waals surface area contributed by atoms with Gasteiger partial charge in [-0.2, -0.15) is 0 Å². The lowest BCUT2D eigenvalue weighted by Crippen LogP contribution is -2.37. The van der Waals surface area contributed by atoms with Crippen molar-refractivity contribution in [3.8, 4) is 0 Å². The van der Waals surface area contributed by atoms with Crippen molar-refractivity contribution in [1.82, 2.24) is 4.90 Å². The molecule has 0 saturated heterocycles. The van der Waals surface area contributed by atoms with Gasteiger partial charge in [0.05, 0.1) is 0 Å². The normalized spacial score (nSPS) is 18.1. The summed E-state index contributed by atoms with van der Waals surface area (Å²) in [5.74, 6) is 0.00216. The Hall–Kier alpha value is -1.36. The van der Waals surface area contributed by atoms with Gasteiger partial charge in [-0.05, 0) is 51.0 Å². The van der Waals surface area contributed by atoms with E-state index in [-0.39, 0.29) is 17.8 Å². The van der Waals surface area contributed by atoms with Gasteiger partial charge in [0.2, 0.25) is 0 Å². The van der Waals surface area contributed by atoms with Gasteiger partial charge in [0.25, 0.3) is 5.91 Å². The fourth-order valence-electron chi connectivity index (χ4n) is 2.71. The molecule has 1 unspecified atom stereocenters. The summed E-state index contributed by atoms with van der Waals surface area (Å²) in [4.78, 5) is 25.9. The third kappa shape index (κ3) is 4.09. The second kappa shape index (κ2) is 6.41. The molecule has 0 saturated carbocycles. The average molecular weight is 368 g/mol. The number of benzene rings is 1. The van der Waals surface area contributed by atoms with Gasteiger partial charge in [-0.25, -0.2) is 0 Å². The molecule has 1 aromatic rings. The van der Waals surface area contributed by atoms with Crippen LogP contribution in [0.5, 0.6) is 0 Å². The summed E-state index contributed by atoms with van der Waals surface area (Å²) in [6.45, 7) is 6.23. The summed E-state index contributed by atoms with van der Waals surface area (Å²) in [5.41, 5.74) is 1.28. The molecule has 0 radical (unpaired) electrons. The number of fused-ring (bicyclic) bond motifs is 1. The maximum absolute atomic E-state index is 12.2. The predicted molar refractivity (Wildman–Crippen MR) is 88.9 cm³/mol. The summed E-state index contributed by atoms with van der Waals surface area (Å²) >= 11 is 3.46. The quantitative estimate of drug-likeness (QED) is 0.764. The summed E-state index contributed by atoms with van der Waals surface area (Å²) in [7, 11) is 1.80. The first-order chi connectivity index (χ1) is 10.2. The molecule has 0 aromatic heterocycles. The number of esters is 1. The van der Waals surface area contributed by atoms with Gasteiger partial charge in [-0.3, -0.25) is 9.59 Å². The highest BCUT2D eigenvalue weighted by Gasteiger charge is 2.30. The van der Waals surface area contributed by atoms with E-state index in [1.165, 1.54) is 0 Å². The highest BCUT2D eigenvalue weighted by atomic mass is 79.9. The molecule has 0 N–H and O–H groups in total. The summed E-state index contributed by atoms with van der Waals surface area (Å²) in [5, 5.41) is 0. The van der Waals surface area contributed by atoms with Crippen LogP contribution >= 0.6 is 15.9 Å². The lowest BCUT2D eigenvalue weighted by molar-refractivity contribution is -0.155. The van der Waals surface area contributed by atoms with Crippen LogP contribution in [-0.4, -0.2) is 36.0 Å². The number of nitrogens with zero attached hydrogens (tertiary/aromatic N) is 1. The van der Waals surface area contributed by atoms with Crippen LogP contribution in [0.1, 0.15) is 55.5 Å². The Morgan fingerprint density at radius 3 is 2.73 bits per heavy atom. The molecule has 0 aliphatic carbocycles. The van der Waals surface area contributed by atoms with Gasteiger partial charge in [0.1, 0.15) is 5.60 Å². The molecule has 1 aromatic carbocycles. The molecular weight excluding hydrogens is 346 g/mol. The van der Waals surface area contributed by atoms with E-state index in [9.17, 15) is 9.59 Å². The van der Waals surface area contributed by atoms with Gasteiger partial charge >= 0.3 is 5.97 Å². The van der Waals surface area contributed by atoms with Crippen LogP contribution in [0, 0.1) is 0 Å². The molecule has 22 heavy (non-hydrogen) atoms. The van der Waals surface area contributed by atoms with Crippen LogP contribution < -0.4 is 0 Å². The highest BCUT2D eigenvalue weighted by molar-refractivity contribution is 9.10. The van der Waals surface area contributed by atoms with Crippen molar-refractivity contribution < 1.29 is 14.3 Å². The van der Waals surface area contributed by atoms with Crippen LogP contribution in [-0.2, 0) is 9.53 Å². The molecule has 0 spiro atoms. The number of halogens is 1. The number of carbonyl (C=O) groups is 2. The first-order valence-corrected chi connectivity index (χ1v) is 8.23. The zero-order valence-electron chi connectivity index (χ0n) is 13.5. The molecule has 120 valence electrons. The van der Waals surface area contributed by atoms with Crippen molar-refractivity contribution in [3.05, 3.63) is 33.8 Å². The van der Waals surface area contributed by atoms with Crippen LogP contribution in [0.25, 0.3) is 0 Å². The van der Waals surface area contributed by atoms with E-state index in [1.807, 2.05) is 39.0 Å². The molecule has 2 rings (SSSR count). The molecule has 4 nitrogen and oxygen atoms in total. The van der Waals surface area contributed by atoms with E-state index in [2.05, 4.69) is 15.9 Å². The second-order valence-corrected chi connectivity index (χ2v) is 7.65. The van der Waals surface area contributed by atoms with E-state index >= 15 is 0 Å². The lowest BCUT2D eigenvalue weighted by atomic mass is 9.86. The number of carbonyl (C=O) groups excluding carboxylic acids is 2. The average Bonchev–Trinajstić information content (AvgIpc) is 2.39. The zero-order valence-corrected chi connectivity index (χ0v) is 15.1. The first kappa shape index (κ1) is 17.0. The Morgan fingerprint density at radius 1 is 1.41 bits per heavy atom. The fraction of sp³-hybridized carbons (Fsp3) is 0.529. The fourth-order valence-corrected chi connectivity index (χ4v) is 3.09. The Labute approximate surface area is 140 Å². The highest BCUT2D eigenvalue weighted by Crippen LogP contribution is 2.33. The lowest BCUT2D eigenvalue weighted by Gasteiger charge is -2.32. The predicted octanol–water partition coefficient (Wildman–Crippen LogP) is 3.74. The molecule has 5 heteroatoms. The van der Waals surface area contributed by atoms with E-state index in [0.29, 0.717) is 19.4 Å². The molecule has 1 aliphatic rings. The van der Waals surface area contributed by atoms with Crippen molar-refractivity contribution in [2.75, 3.05) is 13.6 Å². The molecule has 0 bridgehead atoms. The smallest absolute Gasteiger partial charge is 0.306 e. The number of rotatable bonds is 3. The Bertz CT molecular complexity index is 592. The van der Waals surface area contributed by atoms with Gasteiger partial charge < -0.3 is 9.64 Å². The summed E-state index contributed by atoms with van der Waals surface area (Å²) < 4.78 is 6.31. The topological polar surface area (TPSA) is 46.6 Å². The minimum absolute atomic E-state index is 0.0380. The van der Waals surface area contributed by atoms with Crippen LogP contribution in [0.4, 0.5) is 0 Å². The van der Waals surface area contributed by atoms with Crippen molar-refractivity contribution in [2.45, 2.75) is 45.1 Å². The van der Waals surface area contributed by atoms with Crippen LogP contribution in [0.2, 0.25) is 0 Å². The van der Waals surface area contributed by atoms with Crippen molar-refractivity contribution >= 4 is 27.8 Å². The van der Waals surface area contributed by atoms with Gasteiger partial charge in [0, 0.05) is 36.0 Å². The van der Waals surface area contributed by atoms with Crippen LogP contribution in [0.3, 0.4) is 0 Å². The third-order valence-electron chi connectivity index (χ3n) is 3.64. The Morgan fingerprint density at radius 2 is 2.09 bits per heavy atom. The van der Waals surface area contributed by atoms with E-state index in [1.54, 1.807) is 11.9 Å². The number of likely N-dealkylation sites (N-methyl/N-ethyl adjacent to an activating group) is 1. The van der Waals surface area contributed by atoms with Crippen molar-refractivity contribution in [2.24, 2.45) is 0 Å². The molecule has 1 heterocycles. The monoisotopic (exact) mass is 367 g/mol. The van der Waals surface area contributed by atoms with Gasteiger partial charge in [-0.15, -0.1) is 0 Å².